The maximum absolute atomic E-state index is 14.1. The molecule has 0 radical (unpaired) electrons. The number of amides is 2. The number of hydrogen-bond donors (Lipinski definition) is 1. The summed E-state index contributed by atoms with van der Waals surface area (Å²) in [5.41, 5.74) is 0.967. The topological polar surface area (TPSA) is 96.0 Å². The van der Waals surface area contributed by atoms with E-state index in [4.69, 9.17) is 27.9 Å². The van der Waals surface area contributed by atoms with Gasteiger partial charge in [-0.05, 0) is 79.9 Å². The highest BCUT2D eigenvalue weighted by Gasteiger charge is 2.33. The molecule has 0 heterocycles. The fraction of sp³-hybridized carbons (Fsp3) is 0.355. The van der Waals surface area contributed by atoms with Crippen molar-refractivity contribution in [2.45, 2.75) is 62.6 Å². The molecular weight excluding hydrogens is 597 g/mol. The van der Waals surface area contributed by atoms with Crippen LogP contribution in [0.3, 0.4) is 0 Å². The number of benzene rings is 3. The molecule has 0 aromatic heterocycles. The summed E-state index contributed by atoms with van der Waals surface area (Å²) in [6, 6.07) is 18.4. The number of carbonyl (C=O) groups is 2. The molecular formula is C31H35Cl2N3O5S. The quantitative estimate of drug-likeness (QED) is 0.277. The molecule has 11 heteroatoms. The highest BCUT2D eigenvalue weighted by Crippen LogP contribution is 2.28. The zero-order chi connectivity index (χ0) is 30.3. The summed E-state index contributed by atoms with van der Waals surface area (Å²) < 4.78 is 34.1. The molecule has 2 amide bonds. The molecule has 1 unspecified atom stereocenters. The lowest BCUT2D eigenvalue weighted by molar-refractivity contribution is -0.139. The molecule has 0 saturated heterocycles. The number of ether oxygens (including phenoxy) is 1. The second-order valence-electron chi connectivity index (χ2n) is 10.3. The highest BCUT2D eigenvalue weighted by atomic mass is 35.5. The van der Waals surface area contributed by atoms with Gasteiger partial charge in [-0.1, -0.05) is 60.7 Å². The second-order valence-corrected chi connectivity index (χ2v) is 13.1. The zero-order valence-electron chi connectivity index (χ0n) is 23.6. The van der Waals surface area contributed by atoms with Crippen LogP contribution in [0.25, 0.3) is 0 Å². The van der Waals surface area contributed by atoms with Crippen LogP contribution in [0.2, 0.25) is 10.0 Å². The number of halogens is 2. The van der Waals surface area contributed by atoms with Crippen LogP contribution < -0.4 is 14.4 Å². The molecule has 1 aliphatic carbocycles. The van der Waals surface area contributed by atoms with Crippen molar-refractivity contribution in [3.8, 4) is 5.75 Å². The molecule has 1 N–H and O–H groups in total. The van der Waals surface area contributed by atoms with Gasteiger partial charge in [0, 0.05) is 22.6 Å². The number of methoxy groups -OCH3 is 1. The molecule has 4 rings (SSSR count). The molecule has 1 aliphatic rings. The van der Waals surface area contributed by atoms with Gasteiger partial charge in [0.25, 0.3) is 10.0 Å². The number of rotatable bonds is 11. The molecule has 0 spiro atoms. The molecule has 0 bridgehead atoms. The Morgan fingerprint density at radius 1 is 0.952 bits per heavy atom. The number of sulfonamides is 1. The number of carbonyl (C=O) groups excluding carboxylic acids is 2. The smallest absolute Gasteiger partial charge is 0.264 e. The van der Waals surface area contributed by atoms with E-state index < -0.39 is 28.5 Å². The molecule has 3 aromatic carbocycles. The van der Waals surface area contributed by atoms with E-state index in [1.807, 2.05) is 0 Å². The Morgan fingerprint density at radius 2 is 1.62 bits per heavy atom. The van der Waals surface area contributed by atoms with Crippen LogP contribution in [-0.2, 0) is 26.2 Å². The van der Waals surface area contributed by atoms with E-state index in [-0.39, 0.29) is 29.1 Å². The minimum absolute atomic E-state index is 0.0246. The Balaban J connectivity index is 1.67. The van der Waals surface area contributed by atoms with Crippen molar-refractivity contribution in [3.05, 3.63) is 88.4 Å². The van der Waals surface area contributed by atoms with Crippen LogP contribution in [0.15, 0.2) is 77.7 Å². The zero-order valence-corrected chi connectivity index (χ0v) is 26.0. The Hall–Kier alpha value is -3.27. The van der Waals surface area contributed by atoms with Crippen molar-refractivity contribution in [2.24, 2.45) is 0 Å². The van der Waals surface area contributed by atoms with Gasteiger partial charge in [0.05, 0.1) is 17.7 Å². The van der Waals surface area contributed by atoms with Gasteiger partial charge in [0.2, 0.25) is 11.8 Å². The summed E-state index contributed by atoms with van der Waals surface area (Å²) in [4.78, 5) is 28.8. The first-order valence-electron chi connectivity index (χ1n) is 13.8. The first-order chi connectivity index (χ1) is 20.1. The molecule has 8 nitrogen and oxygen atoms in total. The minimum Gasteiger partial charge on any atom is -0.497 e. The van der Waals surface area contributed by atoms with Gasteiger partial charge in [-0.15, -0.1) is 0 Å². The van der Waals surface area contributed by atoms with Crippen molar-refractivity contribution in [2.75, 3.05) is 18.0 Å². The standard InChI is InChI=1S/C31H35Cl2N3O5S/c1-22(31(38)34-26-8-4-3-5-9-26)35(20-23-11-13-24(32)14-12-23)30(37)21-36(27-10-6-7-25(33)19-27)42(39,40)29-17-15-28(41-2)16-18-29/h6-7,10-19,22,26H,3-5,8-9,20-21H2,1-2H3,(H,34,38). The third-order valence-corrected chi connectivity index (χ3v) is 9.68. The lowest BCUT2D eigenvalue weighted by Crippen LogP contribution is -2.53. The average molecular weight is 633 g/mol. The summed E-state index contributed by atoms with van der Waals surface area (Å²) in [7, 11) is -2.73. The Bertz CT molecular complexity index is 1480. The predicted molar refractivity (Wildman–Crippen MR) is 165 cm³/mol. The first-order valence-corrected chi connectivity index (χ1v) is 16.0. The SMILES string of the molecule is COc1ccc(S(=O)(=O)N(CC(=O)N(Cc2ccc(Cl)cc2)C(C)C(=O)NC2CCCCC2)c2cccc(Cl)c2)cc1. The molecule has 0 aliphatic heterocycles. The Kier molecular flexibility index (Phi) is 10.8. The van der Waals surface area contributed by atoms with E-state index in [1.54, 1.807) is 49.4 Å². The van der Waals surface area contributed by atoms with E-state index in [1.165, 1.54) is 42.3 Å². The molecule has 1 atom stereocenters. The third kappa shape index (κ3) is 7.96. The van der Waals surface area contributed by atoms with E-state index in [2.05, 4.69) is 5.32 Å². The van der Waals surface area contributed by atoms with Gasteiger partial charge in [-0.25, -0.2) is 8.42 Å². The van der Waals surface area contributed by atoms with E-state index in [0.29, 0.717) is 15.8 Å². The van der Waals surface area contributed by atoms with Gasteiger partial charge in [0.1, 0.15) is 18.3 Å². The van der Waals surface area contributed by atoms with Crippen LogP contribution >= 0.6 is 23.2 Å². The van der Waals surface area contributed by atoms with Gasteiger partial charge in [0.15, 0.2) is 0 Å². The normalized spacial score (nSPS) is 14.6. The van der Waals surface area contributed by atoms with Gasteiger partial charge >= 0.3 is 0 Å². The van der Waals surface area contributed by atoms with Crippen LogP contribution in [0.4, 0.5) is 5.69 Å². The lowest BCUT2D eigenvalue weighted by Gasteiger charge is -2.33. The van der Waals surface area contributed by atoms with Crippen LogP contribution in [0, 0.1) is 0 Å². The molecule has 224 valence electrons. The Morgan fingerprint density at radius 3 is 2.24 bits per heavy atom. The maximum Gasteiger partial charge on any atom is 0.264 e. The van der Waals surface area contributed by atoms with Gasteiger partial charge in [-0.2, -0.15) is 0 Å². The monoisotopic (exact) mass is 631 g/mol. The van der Waals surface area contributed by atoms with Gasteiger partial charge < -0.3 is 15.0 Å². The van der Waals surface area contributed by atoms with E-state index >= 15 is 0 Å². The summed E-state index contributed by atoms with van der Waals surface area (Å²) in [5.74, 6) is -0.337. The third-order valence-electron chi connectivity index (χ3n) is 7.41. The molecule has 3 aromatic rings. The fourth-order valence-corrected chi connectivity index (χ4v) is 6.69. The highest BCUT2D eigenvalue weighted by molar-refractivity contribution is 7.92. The average Bonchev–Trinajstić information content (AvgIpc) is 2.99. The lowest BCUT2D eigenvalue weighted by atomic mass is 9.95. The van der Waals surface area contributed by atoms with Crippen LogP contribution in [0.5, 0.6) is 5.75 Å². The van der Waals surface area contributed by atoms with E-state index in [9.17, 15) is 18.0 Å². The summed E-state index contributed by atoms with van der Waals surface area (Å²) in [6.45, 7) is 1.19. The minimum atomic E-state index is -4.22. The van der Waals surface area contributed by atoms with Crippen LogP contribution in [-0.4, -0.2) is 50.9 Å². The van der Waals surface area contributed by atoms with Gasteiger partial charge in [-0.3, -0.25) is 13.9 Å². The summed E-state index contributed by atoms with van der Waals surface area (Å²) in [5, 5.41) is 3.95. The Labute approximate surface area is 257 Å². The summed E-state index contributed by atoms with van der Waals surface area (Å²) in [6.07, 6.45) is 5.03. The summed E-state index contributed by atoms with van der Waals surface area (Å²) >= 11 is 12.3. The number of hydrogen-bond acceptors (Lipinski definition) is 5. The van der Waals surface area contributed by atoms with Crippen molar-refractivity contribution in [3.63, 3.8) is 0 Å². The van der Waals surface area contributed by atoms with Crippen molar-refractivity contribution in [1.82, 2.24) is 10.2 Å². The van der Waals surface area contributed by atoms with Crippen molar-refractivity contribution < 1.29 is 22.7 Å². The maximum atomic E-state index is 14.1. The van der Waals surface area contributed by atoms with Crippen LogP contribution in [0.1, 0.15) is 44.6 Å². The van der Waals surface area contributed by atoms with Crippen molar-refractivity contribution in [1.29, 1.82) is 0 Å². The molecule has 1 fully saturated rings. The number of anilines is 1. The van der Waals surface area contributed by atoms with E-state index in [0.717, 1.165) is 42.0 Å². The van der Waals surface area contributed by atoms with Crippen molar-refractivity contribution >= 4 is 50.7 Å². The number of nitrogens with one attached hydrogen (secondary N) is 1. The number of nitrogens with zero attached hydrogens (tertiary/aromatic N) is 2. The molecule has 1 saturated carbocycles. The first kappa shape index (κ1) is 31.7. The fourth-order valence-electron chi connectivity index (χ4n) is 4.97. The second kappa shape index (κ2) is 14.3. The predicted octanol–water partition coefficient (Wildman–Crippen LogP) is 6.06. The molecule has 42 heavy (non-hydrogen) atoms. The largest absolute Gasteiger partial charge is 0.497 e.